The first kappa shape index (κ1) is 26.8. The molecule has 0 unspecified atom stereocenters. The highest BCUT2D eigenvalue weighted by molar-refractivity contribution is 6.03. The van der Waals surface area contributed by atoms with E-state index in [0.29, 0.717) is 39.9 Å². The minimum Gasteiger partial charge on any atom is -0.504 e. The van der Waals surface area contributed by atoms with E-state index in [1.54, 1.807) is 62.8 Å². The number of carbonyl (C=O) groups excluding carboxylic acids is 1. The summed E-state index contributed by atoms with van der Waals surface area (Å²) in [6.07, 6.45) is 6.56. The summed E-state index contributed by atoms with van der Waals surface area (Å²) in [5.74, 6) is 1.62. The van der Waals surface area contributed by atoms with E-state index in [1.165, 1.54) is 33.5 Å². The number of hydrogen-bond donors (Lipinski definition) is 3. The summed E-state index contributed by atoms with van der Waals surface area (Å²) in [5.41, 5.74) is 8.77. The van der Waals surface area contributed by atoms with E-state index in [0.717, 1.165) is 11.1 Å². The number of ether oxygens (including phenoxy) is 5. The molecule has 0 saturated heterocycles. The lowest BCUT2D eigenvalue weighted by atomic mass is 10.1. The molecule has 1 amide bonds. The van der Waals surface area contributed by atoms with Crippen LogP contribution in [0.4, 0.5) is 11.4 Å². The zero-order chi connectivity index (χ0) is 26.9. The number of phenolic OH excluding ortho intramolecular Hbond substituents is 1. The predicted octanol–water partition coefficient (Wildman–Crippen LogP) is 4.84. The Kier molecular flexibility index (Phi) is 8.88. The summed E-state index contributed by atoms with van der Waals surface area (Å²) in [7, 11) is 7.55. The minimum atomic E-state index is -0.417. The monoisotopic (exact) mass is 506 g/mol. The lowest BCUT2D eigenvalue weighted by Crippen LogP contribution is -2.09. The summed E-state index contributed by atoms with van der Waals surface area (Å²) >= 11 is 0. The van der Waals surface area contributed by atoms with E-state index in [9.17, 15) is 9.90 Å². The van der Waals surface area contributed by atoms with Crippen molar-refractivity contribution in [1.82, 2.24) is 0 Å². The van der Waals surface area contributed by atoms with Crippen LogP contribution in [0.3, 0.4) is 0 Å². The van der Waals surface area contributed by atoms with Gasteiger partial charge in [-0.05, 0) is 59.2 Å². The molecule has 4 N–H and O–H groups in total. The summed E-state index contributed by atoms with van der Waals surface area (Å²) in [4.78, 5) is 12.6. The molecule has 194 valence electrons. The van der Waals surface area contributed by atoms with Crippen LogP contribution in [0.15, 0.2) is 48.5 Å². The van der Waals surface area contributed by atoms with Crippen LogP contribution in [0.2, 0.25) is 0 Å². The number of rotatable bonds is 10. The molecular weight excluding hydrogens is 476 g/mol. The molecule has 37 heavy (non-hydrogen) atoms. The maximum Gasteiger partial charge on any atom is 0.248 e. The molecule has 3 rings (SSSR count). The zero-order valence-electron chi connectivity index (χ0n) is 21.3. The molecule has 3 aromatic rings. The first-order valence-corrected chi connectivity index (χ1v) is 11.1. The molecule has 0 bridgehead atoms. The third kappa shape index (κ3) is 6.46. The zero-order valence-corrected chi connectivity index (χ0v) is 21.3. The van der Waals surface area contributed by atoms with Crippen LogP contribution in [0.5, 0.6) is 34.5 Å². The van der Waals surface area contributed by atoms with Crippen LogP contribution < -0.4 is 34.7 Å². The second kappa shape index (κ2) is 12.3. The van der Waals surface area contributed by atoms with Crippen molar-refractivity contribution in [2.75, 3.05) is 46.6 Å². The Hall–Kier alpha value is -4.79. The van der Waals surface area contributed by atoms with Crippen LogP contribution in [-0.2, 0) is 4.79 Å². The van der Waals surface area contributed by atoms with Gasteiger partial charge in [-0.15, -0.1) is 0 Å². The second-order valence-corrected chi connectivity index (χ2v) is 7.74. The molecule has 0 atom stereocenters. The fraction of sp³-hybridized carbons (Fsp3) is 0.179. The minimum absolute atomic E-state index is 0.128. The lowest BCUT2D eigenvalue weighted by Gasteiger charge is -2.13. The third-order valence-corrected chi connectivity index (χ3v) is 5.39. The molecule has 0 aliphatic rings. The van der Waals surface area contributed by atoms with E-state index in [1.807, 2.05) is 6.08 Å². The van der Waals surface area contributed by atoms with Crippen molar-refractivity contribution >= 4 is 35.5 Å². The van der Waals surface area contributed by atoms with Gasteiger partial charge in [-0.1, -0.05) is 18.2 Å². The van der Waals surface area contributed by atoms with Crippen molar-refractivity contribution < 1.29 is 33.6 Å². The molecule has 0 heterocycles. The number of phenols is 1. The Bertz CT molecular complexity index is 1310. The SMILES string of the molecule is COc1cc(/C=C/C(=O)Nc2cc(/C=C/c3cc(OC)c(OC)c(OC)c3)cc(O)c2OC)ccc1N. The van der Waals surface area contributed by atoms with E-state index < -0.39 is 5.91 Å². The summed E-state index contributed by atoms with van der Waals surface area (Å²) < 4.78 is 26.6. The number of amides is 1. The van der Waals surface area contributed by atoms with Crippen molar-refractivity contribution in [3.05, 3.63) is 65.2 Å². The molecule has 0 spiro atoms. The Labute approximate surface area is 215 Å². The number of anilines is 2. The van der Waals surface area contributed by atoms with Crippen LogP contribution in [0.25, 0.3) is 18.2 Å². The first-order valence-electron chi connectivity index (χ1n) is 11.1. The number of nitrogens with one attached hydrogen (secondary N) is 1. The number of benzene rings is 3. The van der Waals surface area contributed by atoms with Gasteiger partial charge in [0.15, 0.2) is 23.0 Å². The van der Waals surface area contributed by atoms with E-state index in [4.69, 9.17) is 29.4 Å². The Balaban J connectivity index is 1.86. The highest BCUT2D eigenvalue weighted by Crippen LogP contribution is 2.39. The van der Waals surface area contributed by atoms with Gasteiger partial charge in [0.2, 0.25) is 11.7 Å². The van der Waals surface area contributed by atoms with Gasteiger partial charge >= 0.3 is 0 Å². The number of hydrogen-bond acceptors (Lipinski definition) is 8. The first-order chi connectivity index (χ1) is 17.8. The molecule has 0 radical (unpaired) electrons. The fourth-order valence-electron chi connectivity index (χ4n) is 3.61. The van der Waals surface area contributed by atoms with Gasteiger partial charge in [-0.25, -0.2) is 0 Å². The number of carbonyl (C=O) groups is 1. The number of nitrogens with two attached hydrogens (primary N) is 1. The molecule has 0 aliphatic heterocycles. The van der Waals surface area contributed by atoms with Gasteiger partial charge in [0.25, 0.3) is 0 Å². The molecule has 0 aromatic heterocycles. The Morgan fingerprint density at radius 3 is 1.86 bits per heavy atom. The highest BCUT2D eigenvalue weighted by Gasteiger charge is 2.14. The largest absolute Gasteiger partial charge is 0.504 e. The maximum absolute atomic E-state index is 12.6. The van der Waals surface area contributed by atoms with Gasteiger partial charge in [-0.3, -0.25) is 4.79 Å². The van der Waals surface area contributed by atoms with Crippen LogP contribution in [-0.4, -0.2) is 46.6 Å². The number of methoxy groups -OCH3 is 5. The van der Waals surface area contributed by atoms with E-state index >= 15 is 0 Å². The number of aromatic hydroxyl groups is 1. The van der Waals surface area contributed by atoms with Crippen molar-refractivity contribution in [1.29, 1.82) is 0 Å². The average Bonchev–Trinajstić information content (AvgIpc) is 2.90. The molecule has 0 saturated carbocycles. The molecule has 0 fully saturated rings. The molecule has 9 nitrogen and oxygen atoms in total. The second-order valence-electron chi connectivity index (χ2n) is 7.74. The van der Waals surface area contributed by atoms with Crippen LogP contribution in [0.1, 0.15) is 16.7 Å². The van der Waals surface area contributed by atoms with Crippen molar-refractivity contribution in [3.63, 3.8) is 0 Å². The van der Waals surface area contributed by atoms with E-state index in [2.05, 4.69) is 5.32 Å². The number of nitrogen functional groups attached to an aromatic ring is 1. The van der Waals surface area contributed by atoms with Crippen molar-refractivity contribution in [3.8, 4) is 34.5 Å². The molecule has 3 aromatic carbocycles. The normalized spacial score (nSPS) is 10.9. The van der Waals surface area contributed by atoms with Gasteiger partial charge in [0, 0.05) is 6.08 Å². The van der Waals surface area contributed by atoms with Gasteiger partial charge in [0.1, 0.15) is 5.75 Å². The van der Waals surface area contributed by atoms with Crippen molar-refractivity contribution in [2.45, 2.75) is 0 Å². The Morgan fingerprint density at radius 1 is 0.730 bits per heavy atom. The summed E-state index contributed by atoms with van der Waals surface area (Å²) in [6.45, 7) is 0. The molecule has 0 aliphatic carbocycles. The van der Waals surface area contributed by atoms with Crippen LogP contribution >= 0.6 is 0 Å². The quantitative estimate of drug-likeness (QED) is 0.203. The smallest absolute Gasteiger partial charge is 0.248 e. The Morgan fingerprint density at radius 2 is 1.30 bits per heavy atom. The van der Waals surface area contributed by atoms with Crippen molar-refractivity contribution in [2.24, 2.45) is 0 Å². The molecular formula is C28H30N2O7. The molecule has 9 heteroatoms. The van der Waals surface area contributed by atoms with Gasteiger partial charge in [-0.2, -0.15) is 0 Å². The average molecular weight is 507 g/mol. The summed E-state index contributed by atoms with van der Waals surface area (Å²) in [5, 5.41) is 13.2. The standard InChI is InChI=1S/C28H30N2O7/c1-33-23-14-17(8-10-20(23)29)9-11-26(32)30-21-12-18(13-22(31)27(21)36-4)6-7-19-15-24(34-2)28(37-5)25(16-19)35-3/h6-16,31H,29H2,1-5H3,(H,30,32)/b7-6+,11-9+. The third-order valence-electron chi connectivity index (χ3n) is 5.39. The lowest BCUT2D eigenvalue weighted by molar-refractivity contribution is -0.111. The van der Waals surface area contributed by atoms with Crippen LogP contribution in [0, 0.1) is 0 Å². The highest BCUT2D eigenvalue weighted by atomic mass is 16.5. The predicted molar refractivity (Wildman–Crippen MR) is 145 cm³/mol. The summed E-state index contributed by atoms with van der Waals surface area (Å²) in [6, 6.07) is 12.0. The maximum atomic E-state index is 12.6. The fourth-order valence-corrected chi connectivity index (χ4v) is 3.61. The van der Waals surface area contributed by atoms with Gasteiger partial charge < -0.3 is 39.8 Å². The topological polar surface area (TPSA) is 122 Å². The van der Waals surface area contributed by atoms with E-state index in [-0.39, 0.29) is 11.5 Å². The van der Waals surface area contributed by atoms with Gasteiger partial charge in [0.05, 0.1) is 46.9 Å².